The fraction of sp³-hybridized carbons (Fsp3) is 0.278. The zero-order valence-electron chi connectivity index (χ0n) is 12.6. The molecule has 0 spiro atoms. The van der Waals surface area contributed by atoms with Crippen LogP contribution in [0.4, 0.5) is 11.4 Å². The maximum Gasteiger partial charge on any atom is 0.255 e. The minimum atomic E-state index is -0.116. The summed E-state index contributed by atoms with van der Waals surface area (Å²) in [4.78, 5) is 12.2. The molecular formula is C18H22N2O2. The molecule has 0 aliphatic rings. The molecule has 0 saturated carbocycles. The quantitative estimate of drug-likeness (QED) is 0.654. The summed E-state index contributed by atoms with van der Waals surface area (Å²) in [5.74, 6) is -0.116. The number of anilines is 2. The highest BCUT2D eigenvalue weighted by atomic mass is 16.2. The summed E-state index contributed by atoms with van der Waals surface area (Å²) in [5.41, 5.74) is 2.33. The van der Waals surface area contributed by atoms with E-state index in [2.05, 4.69) is 10.6 Å². The van der Waals surface area contributed by atoms with Gasteiger partial charge in [0.05, 0.1) is 11.4 Å². The van der Waals surface area contributed by atoms with Crippen molar-refractivity contribution in [2.45, 2.75) is 19.3 Å². The summed E-state index contributed by atoms with van der Waals surface area (Å²) in [6, 6.07) is 16.8. The maximum atomic E-state index is 12.2. The van der Waals surface area contributed by atoms with Crippen LogP contribution in [0.15, 0.2) is 54.6 Å². The first-order valence-corrected chi connectivity index (χ1v) is 7.61. The summed E-state index contributed by atoms with van der Waals surface area (Å²) < 4.78 is 0. The van der Waals surface area contributed by atoms with Crippen molar-refractivity contribution >= 4 is 17.3 Å². The molecule has 0 fully saturated rings. The van der Waals surface area contributed by atoms with Crippen LogP contribution in [0, 0.1) is 0 Å². The molecule has 0 radical (unpaired) electrons. The van der Waals surface area contributed by atoms with Gasteiger partial charge in [-0.1, -0.05) is 30.3 Å². The van der Waals surface area contributed by atoms with Crippen molar-refractivity contribution in [3.8, 4) is 0 Å². The van der Waals surface area contributed by atoms with Crippen LogP contribution in [0.2, 0.25) is 0 Å². The number of unbranched alkanes of at least 4 members (excludes halogenated alkanes) is 2. The second-order valence-corrected chi connectivity index (χ2v) is 5.08. The minimum absolute atomic E-state index is 0.116. The average Bonchev–Trinajstić information content (AvgIpc) is 2.57. The average molecular weight is 298 g/mol. The maximum absolute atomic E-state index is 12.2. The van der Waals surface area contributed by atoms with Gasteiger partial charge in [-0.2, -0.15) is 0 Å². The molecule has 0 aromatic heterocycles. The van der Waals surface area contributed by atoms with Gasteiger partial charge >= 0.3 is 0 Å². The Morgan fingerprint density at radius 1 is 0.864 bits per heavy atom. The van der Waals surface area contributed by atoms with Crippen molar-refractivity contribution < 1.29 is 9.90 Å². The molecule has 0 aliphatic carbocycles. The molecule has 2 aromatic carbocycles. The number of nitrogens with one attached hydrogen (secondary N) is 2. The summed E-state index contributed by atoms with van der Waals surface area (Å²) in [6.07, 6.45) is 2.80. The largest absolute Gasteiger partial charge is 0.396 e. The van der Waals surface area contributed by atoms with E-state index >= 15 is 0 Å². The predicted molar refractivity (Wildman–Crippen MR) is 90.3 cm³/mol. The molecular weight excluding hydrogens is 276 g/mol. The molecule has 1 amide bonds. The third kappa shape index (κ3) is 4.90. The normalized spacial score (nSPS) is 10.2. The van der Waals surface area contributed by atoms with Gasteiger partial charge in [-0.05, 0) is 43.5 Å². The Morgan fingerprint density at radius 2 is 1.55 bits per heavy atom. The van der Waals surface area contributed by atoms with Crippen LogP contribution in [-0.2, 0) is 0 Å². The van der Waals surface area contributed by atoms with Crippen LogP contribution in [0.5, 0.6) is 0 Å². The monoisotopic (exact) mass is 298 g/mol. The highest BCUT2D eigenvalue weighted by molar-refractivity contribution is 6.05. The van der Waals surface area contributed by atoms with Crippen molar-refractivity contribution in [2.75, 3.05) is 23.8 Å². The van der Waals surface area contributed by atoms with Gasteiger partial charge in [0.25, 0.3) is 5.91 Å². The molecule has 0 saturated heterocycles. The van der Waals surface area contributed by atoms with Crippen molar-refractivity contribution in [1.82, 2.24) is 0 Å². The molecule has 0 heterocycles. The number of aliphatic hydroxyl groups is 1. The lowest BCUT2D eigenvalue weighted by atomic mass is 10.2. The van der Waals surface area contributed by atoms with Crippen LogP contribution in [0.3, 0.4) is 0 Å². The number of aliphatic hydroxyl groups excluding tert-OH is 1. The molecule has 4 heteroatoms. The number of hydrogen-bond acceptors (Lipinski definition) is 3. The molecule has 2 aromatic rings. The molecule has 2 rings (SSSR count). The molecule has 4 nitrogen and oxygen atoms in total. The highest BCUT2D eigenvalue weighted by Gasteiger charge is 2.08. The number of carbonyl (C=O) groups is 1. The Hall–Kier alpha value is -2.33. The van der Waals surface area contributed by atoms with E-state index in [-0.39, 0.29) is 12.5 Å². The van der Waals surface area contributed by atoms with Gasteiger partial charge in [-0.15, -0.1) is 0 Å². The summed E-state index contributed by atoms with van der Waals surface area (Å²) >= 11 is 0. The van der Waals surface area contributed by atoms with Gasteiger partial charge in [-0.3, -0.25) is 4.79 Å². The zero-order valence-corrected chi connectivity index (χ0v) is 12.6. The van der Waals surface area contributed by atoms with Crippen LogP contribution in [-0.4, -0.2) is 24.2 Å². The van der Waals surface area contributed by atoms with Crippen LogP contribution < -0.4 is 10.6 Å². The SMILES string of the molecule is O=C(Nc1ccccc1NCCCCCO)c1ccccc1. The Balaban J connectivity index is 1.95. The Labute approximate surface area is 131 Å². The van der Waals surface area contributed by atoms with Crippen LogP contribution in [0.1, 0.15) is 29.6 Å². The molecule has 0 bridgehead atoms. The molecule has 0 unspecified atom stereocenters. The van der Waals surface area contributed by atoms with Gasteiger partial charge in [0.1, 0.15) is 0 Å². The van der Waals surface area contributed by atoms with E-state index in [1.165, 1.54) is 0 Å². The molecule has 22 heavy (non-hydrogen) atoms. The Morgan fingerprint density at radius 3 is 2.27 bits per heavy atom. The van der Waals surface area contributed by atoms with Gasteiger partial charge in [-0.25, -0.2) is 0 Å². The second kappa shape index (κ2) is 8.85. The number of para-hydroxylation sites is 2. The van der Waals surface area contributed by atoms with E-state index in [0.29, 0.717) is 5.56 Å². The highest BCUT2D eigenvalue weighted by Crippen LogP contribution is 2.21. The first-order chi connectivity index (χ1) is 10.8. The van der Waals surface area contributed by atoms with E-state index in [4.69, 9.17) is 5.11 Å². The number of hydrogen-bond donors (Lipinski definition) is 3. The first kappa shape index (κ1) is 16.0. The molecule has 0 atom stereocenters. The third-order valence-corrected chi connectivity index (χ3v) is 3.36. The summed E-state index contributed by atoms with van der Waals surface area (Å²) in [5, 5.41) is 15.0. The standard InChI is InChI=1S/C18H22N2O2/c21-14-8-2-7-13-19-16-11-5-6-12-17(16)20-18(22)15-9-3-1-4-10-15/h1,3-6,9-12,19,21H,2,7-8,13-14H2,(H,20,22). The van der Waals surface area contributed by atoms with Crippen molar-refractivity contribution in [2.24, 2.45) is 0 Å². The van der Waals surface area contributed by atoms with E-state index in [9.17, 15) is 4.79 Å². The van der Waals surface area contributed by atoms with E-state index in [1.54, 1.807) is 12.1 Å². The molecule has 0 aliphatic heterocycles. The molecule has 3 N–H and O–H groups in total. The number of carbonyl (C=O) groups excluding carboxylic acids is 1. The van der Waals surface area contributed by atoms with E-state index in [0.717, 1.165) is 37.2 Å². The van der Waals surface area contributed by atoms with Crippen LogP contribution in [0.25, 0.3) is 0 Å². The number of amides is 1. The van der Waals surface area contributed by atoms with Crippen molar-refractivity contribution in [3.63, 3.8) is 0 Å². The van der Waals surface area contributed by atoms with Gasteiger partial charge in [0.2, 0.25) is 0 Å². The van der Waals surface area contributed by atoms with E-state index < -0.39 is 0 Å². The van der Waals surface area contributed by atoms with Crippen molar-refractivity contribution in [3.05, 3.63) is 60.2 Å². The summed E-state index contributed by atoms with van der Waals surface area (Å²) in [6.45, 7) is 1.06. The first-order valence-electron chi connectivity index (χ1n) is 7.61. The third-order valence-electron chi connectivity index (χ3n) is 3.36. The Kier molecular flexibility index (Phi) is 6.45. The Bertz CT molecular complexity index is 585. The fourth-order valence-electron chi connectivity index (χ4n) is 2.17. The smallest absolute Gasteiger partial charge is 0.255 e. The lowest BCUT2D eigenvalue weighted by Crippen LogP contribution is -2.13. The van der Waals surface area contributed by atoms with Gasteiger partial charge < -0.3 is 15.7 Å². The lowest BCUT2D eigenvalue weighted by Gasteiger charge is -2.13. The number of rotatable bonds is 8. The van der Waals surface area contributed by atoms with Gasteiger partial charge in [0, 0.05) is 18.7 Å². The van der Waals surface area contributed by atoms with E-state index in [1.807, 2.05) is 42.5 Å². The zero-order chi connectivity index (χ0) is 15.6. The predicted octanol–water partition coefficient (Wildman–Crippen LogP) is 3.51. The topological polar surface area (TPSA) is 61.4 Å². The molecule has 116 valence electrons. The van der Waals surface area contributed by atoms with Gasteiger partial charge in [0.15, 0.2) is 0 Å². The van der Waals surface area contributed by atoms with Crippen molar-refractivity contribution in [1.29, 1.82) is 0 Å². The summed E-state index contributed by atoms with van der Waals surface area (Å²) in [7, 11) is 0. The van der Waals surface area contributed by atoms with Crippen LogP contribution >= 0.6 is 0 Å². The lowest BCUT2D eigenvalue weighted by molar-refractivity contribution is 0.102. The second-order valence-electron chi connectivity index (χ2n) is 5.08. The number of benzene rings is 2. The fourth-order valence-corrected chi connectivity index (χ4v) is 2.17. The minimum Gasteiger partial charge on any atom is -0.396 e.